The average molecular weight is 479 g/mol. The molecule has 10 heteroatoms. The number of hydrogen-bond acceptors (Lipinski definition) is 8. The molecule has 2 aliphatic heterocycles. The van der Waals surface area contributed by atoms with E-state index in [0.717, 1.165) is 0 Å². The number of para-hydroxylation sites is 2. The number of ether oxygens (including phenoxy) is 4. The fourth-order valence-electron chi connectivity index (χ4n) is 4.57. The largest absolute Gasteiger partial charge is 0.518 e. The second-order valence-corrected chi connectivity index (χ2v) is 9.73. The van der Waals surface area contributed by atoms with Gasteiger partial charge in [0.25, 0.3) is 0 Å². The predicted molar refractivity (Wildman–Crippen MR) is 120 cm³/mol. The number of benzene rings is 2. The van der Waals surface area contributed by atoms with Gasteiger partial charge < -0.3 is 33.1 Å². The molecule has 2 saturated heterocycles. The lowest BCUT2D eigenvalue weighted by Crippen LogP contribution is -2.70. The third kappa shape index (κ3) is 4.55. The Morgan fingerprint density at radius 1 is 1.00 bits per heavy atom. The van der Waals surface area contributed by atoms with Gasteiger partial charge in [0.05, 0.1) is 6.61 Å². The summed E-state index contributed by atoms with van der Waals surface area (Å²) in [4.78, 5) is 0. The monoisotopic (exact) mass is 479 g/mol. The Kier molecular flexibility index (Phi) is 7.40. The minimum absolute atomic E-state index is 0.189. The van der Waals surface area contributed by atoms with Crippen LogP contribution in [0.15, 0.2) is 60.7 Å². The molecule has 33 heavy (non-hydrogen) atoms. The molecule has 2 aliphatic rings. The van der Waals surface area contributed by atoms with Gasteiger partial charge in [0, 0.05) is 27.9 Å². The summed E-state index contributed by atoms with van der Waals surface area (Å²) < 4.78 is 50.5. The summed E-state index contributed by atoms with van der Waals surface area (Å²) in [6.07, 6.45) is -2.40. The Morgan fingerprint density at radius 2 is 1.58 bits per heavy atom. The van der Waals surface area contributed by atoms with E-state index in [1.165, 1.54) is 18.9 Å². The van der Waals surface area contributed by atoms with E-state index >= 15 is 0 Å². The molecule has 180 valence electrons. The Hall–Kier alpha value is -1.97. The van der Waals surface area contributed by atoms with E-state index in [1.807, 2.05) is 12.1 Å². The zero-order chi connectivity index (χ0) is 23.5. The smallest absolute Gasteiger partial charge is 0.404 e. The second kappa shape index (κ2) is 10.1. The zero-order valence-corrected chi connectivity index (χ0v) is 19.8. The van der Waals surface area contributed by atoms with Gasteiger partial charge in [-0.05, 0) is 30.7 Å². The zero-order valence-electron chi connectivity index (χ0n) is 18.9. The van der Waals surface area contributed by atoms with Crippen LogP contribution in [0.4, 0.5) is 0 Å². The van der Waals surface area contributed by atoms with E-state index in [0.29, 0.717) is 17.9 Å². The summed E-state index contributed by atoms with van der Waals surface area (Å²) in [6, 6.07) is 17.4. The van der Waals surface area contributed by atoms with E-state index < -0.39 is 37.9 Å². The Bertz CT molecular complexity index is 902. The van der Waals surface area contributed by atoms with Crippen LogP contribution in [-0.2, 0) is 23.5 Å². The van der Waals surface area contributed by atoms with Gasteiger partial charge in [0.2, 0.25) is 0 Å². The maximum atomic E-state index is 14.4. The third-order valence-corrected chi connectivity index (χ3v) is 7.99. The second-order valence-electron chi connectivity index (χ2n) is 7.95. The fourth-order valence-corrected chi connectivity index (χ4v) is 6.57. The number of aliphatic hydroxyl groups is 1. The first-order chi connectivity index (χ1) is 16.0. The van der Waals surface area contributed by atoms with E-state index in [1.54, 1.807) is 55.6 Å². The first-order valence-electron chi connectivity index (χ1n) is 10.8. The highest BCUT2D eigenvalue weighted by molar-refractivity contribution is 7.52. The van der Waals surface area contributed by atoms with Crippen LogP contribution in [0.25, 0.3) is 0 Å². The molecule has 4 rings (SSSR count). The quantitative estimate of drug-likeness (QED) is 0.545. The van der Waals surface area contributed by atoms with Crippen molar-refractivity contribution in [3.63, 3.8) is 0 Å². The van der Waals surface area contributed by atoms with Crippen molar-refractivity contribution < 1.29 is 37.7 Å². The Labute approximate surface area is 193 Å². The van der Waals surface area contributed by atoms with Crippen LogP contribution in [0.3, 0.4) is 0 Å². The first-order valence-corrected chi connectivity index (χ1v) is 12.3. The van der Waals surface area contributed by atoms with E-state index in [2.05, 4.69) is 0 Å². The molecule has 0 unspecified atom stereocenters. The molecule has 9 nitrogen and oxygen atoms in total. The molecule has 2 aromatic rings. The molecular formula is C23H30NO8P. The van der Waals surface area contributed by atoms with Crippen molar-refractivity contribution in [3.05, 3.63) is 60.7 Å². The molecule has 0 spiro atoms. The van der Waals surface area contributed by atoms with Crippen molar-refractivity contribution in [1.29, 1.82) is 0 Å². The SMILES string of the molecule is COC[C@H]1O[C@@H]2CCN(P(=O)(Oc3ccccc3)Oc3ccccc3)[C@]2(O)[C@@H](OC)[C@@H]1OC. The maximum Gasteiger partial charge on any atom is 0.518 e. The highest BCUT2D eigenvalue weighted by Gasteiger charge is 2.67. The van der Waals surface area contributed by atoms with Gasteiger partial charge in [0.1, 0.15) is 35.9 Å². The van der Waals surface area contributed by atoms with E-state index in [-0.39, 0.29) is 13.2 Å². The van der Waals surface area contributed by atoms with Gasteiger partial charge in [-0.1, -0.05) is 36.4 Å². The van der Waals surface area contributed by atoms with E-state index in [4.69, 9.17) is 28.0 Å². The molecule has 0 bridgehead atoms. The predicted octanol–water partition coefficient (Wildman–Crippen LogP) is 3.09. The number of hydrogen-bond donors (Lipinski definition) is 1. The molecule has 2 heterocycles. The molecule has 0 amide bonds. The summed E-state index contributed by atoms with van der Waals surface area (Å²) in [5, 5.41) is 12.0. The first kappa shape index (κ1) is 24.2. The van der Waals surface area contributed by atoms with Crippen LogP contribution in [0.2, 0.25) is 0 Å². The molecule has 1 N–H and O–H groups in total. The Balaban J connectivity index is 1.74. The summed E-state index contributed by atoms with van der Waals surface area (Å²) in [7, 11) is 0.390. The standard InChI is InChI=1S/C23H30NO8P/c1-27-16-19-21(28-2)22(29-3)23(25)20(30-19)14-15-24(23)33(26,31-17-10-6-4-7-11-17)32-18-12-8-5-9-13-18/h4-13,19-22,25H,14-16H2,1-3H3/t19-,20-,21-,22+,23-/m1/s1. The molecule has 2 fully saturated rings. The molecule has 2 aromatic carbocycles. The number of rotatable bonds is 9. The summed E-state index contributed by atoms with van der Waals surface area (Å²) >= 11 is 0. The molecule has 0 aromatic heterocycles. The topological polar surface area (TPSA) is 95.9 Å². The van der Waals surface area contributed by atoms with Crippen LogP contribution in [0.1, 0.15) is 6.42 Å². The lowest BCUT2D eigenvalue weighted by molar-refractivity contribution is -0.300. The highest BCUT2D eigenvalue weighted by atomic mass is 31.2. The molecular weight excluding hydrogens is 449 g/mol. The van der Waals surface area contributed by atoms with Gasteiger partial charge in [-0.3, -0.25) is 0 Å². The lowest BCUT2D eigenvalue weighted by atomic mass is 9.90. The maximum absolute atomic E-state index is 14.4. The average Bonchev–Trinajstić information content (AvgIpc) is 3.17. The van der Waals surface area contributed by atoms with Crippen molar-refractivity contribution in [1.82, 2.24) is 4.67 Å². The molecule has 0 aliphatic carbocycles. The fraction of sp³-hybridized carbons (Fsp3) is 0.478. The van der Waals surface area contributed by atoms with Gasteiger partial charge in [0.15, 0.2) is 5.72 Å². The van der Waals surface area contributed by atoms with Crippen molar-refractivity contribution in [2.45, 2.75) is 36.6 Å². The van der Waals surface area contributed by atoms with Gasteiger partial charge >= 0.3 is 7.75 Å². The lowest BCUT2D eigenvalue weighted by Gasteiger charge is -2.51. The van der Waals surface area contributed by atoms with Gasteiger partial charge in [-0.15, -0.1) is 0 Å². The highest BCUT2D eigenvalue weighted by Crippen LogP contribution is 2.60. The normalized spacial score (nSPS) is 30.1. The van der Waals surface area contributed by atoms with Gasteiger partial charge in [-0.2, -0.15) is 4.67 Å². The van der Waals surface area contributed by atoms with Crippen LogP contribution >= 0.6 is 7.75 Å². The van der Waals surface area contributed by atoms with Crippen molar-refractivity contribution >= 4 is 7.75 Å². The summed E-state index contributed by atoms with van der Waals surface area (Å²) in [5.41, 5.74) is -1.83. The molecule has 0 radical (unpaired) electrons. The van der Waals surface area contributed by atoms with E-state index in [9.17, 15) is 9.67 Å². The van der Waals surface area contributed by atoms with Crippen LogP contribution < -0.4 is 9.05 Å². The molecule has 5 atom stereocenters. The number of fused-ring (bicyclic) bond motifs is 1. The van der Waals surface area contributed by atoms with Crippen LogP contribution in [0.5, 0.6) is 11.5 Å². The van der Waals surface area contributed by atoms with Crippen LogP contribution in [-0.4, -0.2) is 74.4 Å². The van der Waals surface area contributed by atoms with Crippen molar-refractivity contribution in [3.8, 4) is 11.5 Å². The Morgan fingerprint density at radius 3 is 2.06 bits per heavy atom. The van der Waals surface area contributed by atoms with Crippen LogP contribution in [0, 0.1) is 0 Å². The third-order valence-electron chi connectivity index (χ3n) is 5.99. The number of methoxy groups -OCH3 is 3. The molecule has 0 saturated carbocycles. The minimum atomic E-state index is -4.15. The van der Waals surface area contributed by atoms with Crippen molar-refractivity contribution in [2.24, 2.45) is 0 Å². The van der Waals surface area contributed by atoms with Crippen molar-refractivity contribution in [2.75, 3.05) is 34.5 Å². The summed E-state index contributed by atoms with van der Waals surface area (Å²) in [6.45, 7) is 0.442. The number of nitrogens with zero attached hydrogens (tertiary/aromatic N) is 1. The van der Waals surface area contributed by atoms with Gasteiger partial charge in [-0.25, -0.2) is 4.57 Å². The summed E-state index contributed by atoms with van der Waals surface area (Å²) in [5.74, 6) is 0.685. The minimum Gasteiger partial charge on any atom is -0.404 e.